The van der Waals surface area contributed by atoms with E-state index in [0.29, 0.717) is 10.4 Å². The number of pyridine rings is 1. The molecule has 0 bridgehead atoms. The Bertz CT molecular complexity index is 827. The molecule has 4 nitrogen and oxygen atoms in total. The number of aromatic carboxylic acids is 1. The lowest BCUT2D eigenvalue weighted by atomic mass is 10.1. The van der Waals surface area contributed by atoms with Gasteiger partial charge in [-0.25, -0.2) is 9.78 Å². The first-order valence-electron chi connectivity index (χ1n) is 6.19. The smallest absolute Gasteiger partial charge is 0.339 e. The van der Waals surface area contributed by atoms with Gasteiger partial charge in [0.1, 0.15) is 11.3 Å². The van der Waals surface area contributed by atoms with E-state index in [1.807, 2.05) is 30.3 Å². The van der Waals surface area contributed by atoms with Crippen LogP contribution < -0.4 is 4.74 Å². The molecule has 21 heavy (non-hydrogen) atoms. The Morgan fingerprint density at radius 2 is 1.95 bits per heavy atom. The molecule has 104 valence electrons. The SMILES string of the molecule is O=C(O)c1cc(Br)ccc1Oc1nccc2ccccc12. The van der Waals surface area contributed by atoms with Gasteiger partial charge in [-0.2, -0.15) is 0 Å². The van der Waals surface area contributed by atoms with Crippen LogP contribution in [0.5, 0.6) is 11.6 Å². The zero-order valence-corrected chi connectivity index (χ0v) is 12.4. The summed E-state index contributed by atoms with van der Waals surface area (Å²) in [6.45, 7) is 0. The van der Waals surface area contributed by atoms with Crippen molar-refractivity contribution in [3.05, 3.63) is 64.8 Å². The first-order chi connectivity index (χ1) is 10.1. The van der Waals surface area contributed by atoms with Gasteiger partial charge in [0.15, 0.2) is 0 Å². The van der Waals surface area contributed by atoms with E-state index in [0.717, 1.165) is 10.8 Å². The van der Waals surface area contributed by atoms with Crippen molar-refractivity contribution in [2.75, 3.05) is 0 Å². The van der Waals surface area contributed by atoms with E-state index in [-0.39, 0.29) is 11.3 Å². The molecule has 0 aliphatic heterocycles. The fourth-order valence-corrected chi connectivity index (χ4v) is 2.40. The Balaban J connectivity index is 2.09. The van der Waals surface area contributed by atoms with Crippen LogP contribution in [0, 0.1) is 0 Å². The van der Waals surface area contributed by atoms with Crippen LogP contribution in [0.4, 0.5) is 0 Å². The fraction of sp³-hybridized carbons (Fsp3) is 0. The molecular weight excluding hydrogens is 334 g/mol. The fourth-order valence-electron chi connectivity index (χ4n) is 2.04. The molecule has 0 amide bonds. The summed E-state index contributed by atoms with van der Waals surface area (Å²) in [5, 5.41) is 11.1. The zero-order valence-electron chi connectivity index (χ0n) is 10.8. The highest BCUT2D eigenvalue weighted by molar-refractivity contribution is 9.10. The van der Waals surface area contributed by atoms with E-state index in [9.17, 15) is 9.90 Å². The van der Waals surface area contributed by atoms with Gasteiger partial charge < -0.3 is 9.84 Å². The third-order valence-electron chi connectivity index (χ3n) is 3.02. The van der Waals surface area contributed by atoms with Gasteiger partial charge in [-0.05, 0) is 35.7 Å². The third kappa shape index (κ3) is 2.73. The van der Waals surface area contributed by atoms with Crippen molar-refractivity contribution in [2.24, 2.45) is 0 Å². The first-order valence-corrected chi connectivity index (χ1v) is 6.99. The predicted octanol–water partition coefficient (Wildman–Crippen LogP) is 4.49. The Hall–Kier alpha value is -2.40. The van der Waals surface area contributed by atoms with Crippen LogP contribution in [0.2, 0.25) is 0 Å². The van der Waals surface area contributed by atoms with Gasteiger partial charge in [0.05, 0.1) is 0 Å². The predicted molar refractivity (Wildman–Crippen MR) is 82.9 cm³/mol. The first kappa shape index (κ1) is 13.6. The molecule has 0 aliphatic rings. The van der Waals surface area contributed by atoms with Crippen LogP contribution in [0.1, 0.15) is 10.4 Å². The number of hydrogen-bond acceptors (Lipinski definition) is 3. The lowest BCUT2D eigenvalue weighted by molar-refractivity contribution is 0.0694. The molecule has 0 radical (unpaired) electrons. The van der Waals surface area contributed by atoms with E-state index in [4.69, 9.17) is 4.74 Å². The molecule has 3 aromatic rings. The summed E-state index contributed by atoms with van der Waals surface area (Å²) in [4.78, 5) is 15.5. The Morgan fingerprint density at radius 3 is 2.76 bits per heavy atom. The highest BCUT2D eigenvalue weighted by Gasteiger charge is 2.14. The lowest BCUT2D eigenvalue weighted by Gasteiger charge is -2.10. The van der Waals surface area contributed by atoms with Gasteiger partial charge in [-0.15, -0.1) is 0 Å². The zero-order chi connectivity index (χ0) is 14.8. The number of halogens is 1. The molecule has 3 rings (SSSR count). The summed E-state index contributed by atoms with van der Waals surface area (Å²) in [5.41, 5.74) is 0.0825. The number of aromatic nitrogens is 1. The van der Waals surface area contributed by atoms with Gasteiger partial charge in [0, 0.05) is 16.1 Å². The van der Waals surface area contributed by atoms with Crippen LogP contribution in [-0.4, -0.2) is 16.1 Å². The Morgan fingerprint density at radius 1 is 1.14 bits per heavy atom. The van der Waals surface area contributed by atoms with Crippen molar-refractivity contribution in [1.82, 2.24) is 4.98 Å². The van der Waals surface area contributed by atoms with E-state index in [1.54, 1.807) is 18.3 Å². The minimum Gasteiger partial charge on any atom is -0.478 e. The van der Waals surface area contributed by atoms with Crippen LogP contribution in [0.25, 0.3) is 10.8 Å². The van der Waals surface area contributed by atoms with Crippen LogP contribution in [0.3, 0.4) is 0 Å². The number of nitrogens with zero attached hydrogens (tertiary/aromatic N) is 1. The van der Waals surface area contributed by atoms with E-state index in [2.05, 4.69) is 20.9 Å². The van der Waals surface area contributed by atoms with Crippen LogP contribution in [-0.2, 0) is 0 Å². The number of benzene rings is 2. The summed E-state index contributed by atoms with van der Waals surface area (Å²) in [6.07, 6.45) is 1.64. The summed E-state index contributed by atoms with van der Waals surface area (Å²) in [5.74, 6) is -0.404. The van der Waals surface area contributed by atoms with E-state index in [1.165, 1.54) is 6.07 Å². The molecular formula is C16H10BrNO3. The average Bonchev–Trinajstić information content (AvgIpc) is 2.49. The van der Waals surface area contributed by atoms with Crippen molar-refractivity contribution in [2.45, 2.75) is 0 Å². The molecule has 0 saturated heterocycles. The van der Waals surface area contributed by atoms with Crippen LogP contribution >= 0.6 is 15.9 Å². The molecule has 5 heteroatoms. The van der Waals surface area contributed by atoms with Crippen molar-refractivity contribution >= 4 is 32.7 Å². The second-order valence-corrected chi connectivity index (χ2v) is 5.30. The van der Waals surface area contributed by atoms with Crippen molar-refractivity contribution in [3.63, 3.8) is 0 Å². The highest BCUT2D eigenvalue weighted by Crippen LogP contribution is 2.31. The largest absolute Gasteiger partial charge is 0.478 e. The number of carbonyl (C=O) groups is 1. The molecule has 0 saturated carbocycles. The second kappa shape index (κ2) is 5.54. The number of ether oxygens (including phenoxy) is 1. The topological polar surface area (TPSA) is 59.4 Å². The van der Waals surface area contributed by atoms with E-state index < -0.39 is 5.97 Å². The molecule has 0 aliphatic carbocycles. The molecule has 0 atom stereocenters. The van der Waals surface area contributed by atoms with Gasteiger partial charge >= 0.3 is 5.97 Å². The van der Waals surface area contributed by atoms with E-state index >= 15 is 0 Å². The maximum absolute atomic E-state index is 11.3. The number of carboxylic acids is 1. The number of fused-ring (bicyclic) bond motifs is 1. The minimum absolute atomic E-state index is 0.0825. The Kier molecular flexibility index (Phi) is 3.58. The molecule has 1 heterocycles. The summed E-state index contributed by atoms with van der Waals surface area (Å²) in [7, 11) is 0. The second-order valence-electron chi connectivity index (χ2n) is 4.38. The van der Waals surface area contributed by atoms with Crippen molar-refractivity contribution in [3.8, 4) is 11.6 Å². The molecule has 1 aromatic heterocycles. The lowest BCUT2D eigenvalue weighted by Crippen LogP contribution is -2.00. The molecule has 0 fully saturated rings. The summed E-state index contributed by atoms with van der Waals surface area (Å²) in [6, 6.07) is 14.4. The summed E-state index contributed by atoms with van der Waals surface area (Å²) >= 11 is 3.26. The maximum atomic E-state index is 11.3. The maximum Gasteiger partial charge on any atom is 0.339 e. The monoisotopic (exact) mass is 343 g/mol. The van der Waals surface area contributed by atoms with Gasteiger partial charge in [0.25, 0.3) is 0 Å². The standard InChI is InChI=1S/C16H10BrNO3/c17-11-5-6-14(13(9-11)16(19)20)21-15-12-4-2-1-3-10(12)7-8-18-15/h1-9H,(H,19,20). The minimum atomic E-state index is -1.05. The average molecular weight is 344 g/mol. The normalized spacial score (nSPS) is 10.5. The number of hydrogen-bond donors (Lipinski definition) is 1. The van der Waals surface area contributed by atoms with Crippen molar-refractivity contribution < 1.29 is 14.6 Å². The molecule has 2 aromatic carbocycles. The van der Waals surface area contributed by atoms with Gasteiger partial charge in [-0.3, -0.25) is 0 Å². The van der Waals surface area contributed by atoms with Gasteiger partial charge in [0.2, 0.25) is 5.88 Å². The molecule has 0 unspecified atom stereocenters. The summed E-state index contributed by atoms with van der Waals surface area (Å²) < 4.78 is 6.41. The molecule has 1 N–H and O–H groups in total. The number of carboxylic acid groups (broad SMARTS) is 1. The third-order valence-corrected chi connectivity index (χ3v) is 3.51. The highest BCUT2D eigenvalue weighted by atomic mass is 79.9. The molecule has 0 spiro atoms. The van der Waals surface area contributed by atoms with Crippen molar-refractivity contribution in [1.29, 1.82) is 0 Å². The van der Waals surface area contributed by atoms with Crippen LogP contribution in [0.15, 0.2) is 59.2 Å². The Labute approximate surface area is 129 Å². The quantitative estimate of drug-likeness (QED) is 0.761. The number of rotatable bonds is 3. The van der Waals surface area contributed by atoms with Gasteiger partial charge in [-0.1, -0.05) is 34.1 Å².